The predicted molar refractivity (Wildman–Crippen MR) is 105 cm³/mol. The number of hydrogen-bond acceptors (Lipinski definition) is 5. The van der Waals surface area contributed by atoms with E-state index in [9.17, 15) is 9.18 Å². The van der Waals surface area contributed by atoms with E-state index in [1.807, 2.05) is 23.6 Å². The van der Waals surface area contributed by atoms with Crippen LogP contribution in [0.3, 0.4) is 0 Å². The van der Waals surface area contributed by atoms with E-state index in [0.717, 1.165) is 11.3 Å². The molecule has 0 aliphatic heterocycles. The largest absolute Gasteiger partial charge is 0.337 e. The molecule has 2 aromatic heterocycles. The number of rotatable bonds is 7. The molecule has 2 heterocycles. The van der Waals surface area contributed by atoms with Crippen molar-refractivity contribution in [2.75, 3.05) is 17.6 Å². The highest BCUT2D eigenvalue weighted by Crippen LogP contribution is 2.23. The Balaban J connectivity index is 1.38. The molecule has 3 rings (SSSR count). The van der Waals surface area contributed by atoms with Crippen molar-refractivity contribution in [3.05, 3.63) is 65.6 Å². The summed E-state index contributed by atoms with van der Waals surface area (Å²) in [6, 6.07) is 10.2. The van der Waals surface area contributed by atoms with Crippen molar-refractivity contribution in [1.29, 1.82) is 0 Å². The van der Waals surface area contributed by atoms with E-state index in [1.54, 1.807) is 36.3 Å². The molecule has 0 aliphatic rings. The summed E-state index contributed by atoms with van der Waals surface area (Å²) in [4.78, 5) is 20.3. The third-order valence-corrected chi connectivity index (χ3v) is 5.19. The van der Waals surface area contributed by atoms with E-state index in [2.05, 4.69) is 20.6 Å². The highest BCUT2D eigenvalue weighted by atomic mass is 32.2. The molecule has 8 heteroatoms. The molecule has 0 spiro atoms. The van der Waals surface area contributed by atoms with E-state index < -0.39 is 0 Å². The first kappa shape index (κ1) is 18.3. The van der Waals surface area contributed by atoms with Crippen LogP contribution in [0.1, 0.15) is 5.56 Å². The Morgan fingerprint density at radius 3 is 2.92 bits per heavy atom. The monoisotopic (exact) mass is 388 g/mol. The Morgan fingerprint density at radius 1 is 1.23 bits per heavy atom. The molecule has 26 heavy (non-hydrogen) atoms. The third kappa shape index (κ3) is 5.27. The van der Waals surface area contributed by atoms with Crippen molar-refractivity contribution >= 4 is 34.3 Å². The van der Waals surface area contributed by atoms with E-state index in [-0.39, 0.29) is 11.8 Å². The fourth-order valence-electron chi connectivity index (χ4n) is 2.15. The Hall–Kier alpha value is -2.45. The minimum atomic E-state index is -0.302. The number of thioether (sulfide) groups is 1. The second-order valence-electron chi connectivity index (χ2n) is 5.30. The average molecular weight is 388 g/mol. The normalized spacial score (nSPS) is 10.5. The number of nitrogens with one attached hydrogen (secondary N) is 2. The first-order valence-electron chi connectivity index (χ1n) is 7.94. The Kier molecular flexibility index (Phi) is 6.56. The number of aromatic nitrogens is 2. The number of carbonyl (C=O) groups excluding carboxylic acids is 1. The van der Waals surface area contributed by atoms with Gasteiger partial charge in [0.1, 0.15) is 5.82 Å². The Bertz CT molecular complexity index is 857. The maximum atomic E-state index is 13.5. The minimum absolute atomic E-state index is 0.195. The highest BCUT2D eigenvalue weighted by Gasteiger charge is 2.08. The van der Waals surface area contributed by atoms with Gasteiger partial charge in [0.25, 0.3) is 0 Å². The Labute approximate surface area is 159 Å². The van der Waals surface area contributed by atoms with Crippen molar-refractivity contribution in [3.8, 4) is 11.3 Å². The molecule has 2 amide bonds. The standard InChI is InChI=1S/C18H17FN4OS2/c19-15-6-2-1-4-14(15)11-25-9-8-21-17(24)23-18-22-16(12-26-18)13-5-3-7-20-10-13/h1-7,10,12H,8-9,11H2,(H2,21,22,23,24). The molecule has 134 valence electrons. The number of halogens is 1. The molecule has 0 atom stereocenters. The van der Waals surface area contributed by atoms with Crippen molar-refractivity contribution in [2.45, 2.75) is 5.75 Å². The van der Waals surface area contributed by atoms with E-state index in [1.165, 1.54) is 17.4 Å². The minimum Gasteiger partial charge on any atom is -0.337 e. The number of thiazole rings is 1. The second-order valence-corrected chi connectivity index (χ2v) is 7.27. The van der Waals surface area contributed by atoms with Crippen LogP contribution in [-0.4, -0.2) is 28.3 Å². The molecule has 0 fully saturated rings. The molecule has 3 aromatic rings. The molecule has 1 aromatic carbocycles. The van der Waals surface area contributed by atoms with Crippen LogP contribution < -0.4 is 10.6 Å². The van der Waals surface area contributed by atoms with Crippen LogP contribution in [-0.2, 0) is 5.75 Å². The number of urea groups is 1. The summed E-state index contributed by atoms with van der Waals surface area (Å²) in [7, 11) is 0. The first-order valence-corrected chi connectivity index (χ1v) is 9.98. The number of pyridine rings is 1. The van der Waals surface area contributed by atoms with Crippen LogP contribution in [0.15, 0.2) is 54.2 Å². The lowest BCUT2D eigenvalue weighted by molar-refractivity contribution is 0.252. The summed E-state index contributed by atoms with van der Waals surface area (Å²) in [6.45, 7) is 0.492. The zero-order valence-corrected chi connectivity index (χ0v) is 15.4. The maximum Gasteiger partial charge on any atom is 0.321 e. The first-order chi connectivity index (χ1) is 12.7. The quantitative estimate of drug-likeness (QED) is 0.589. The van der Waals surface area contributed by atoms with E-state index >= 15 is 0 Å². The SMILES string of the molecule is O=C(NCCSCc1ccccc1F)Nc1nc(-c2cccnc2)cs1. The van der Waals surface area contributed by atoms with Gasteiger partial charge in [-0.2, -0.15) is 11.8 Å². The van der Waals surface area contributed by atoms with Crippen molar-refractivity contribution in [2.24, 2.45) is 0 Å². The number of carbonyl (C=O) groups is 1. The third-order valence-electron chi connectivity index (χ3n) is 3.43. The fraction of sp³-hybridized carbons (Fsp3) is 0.167. The lowest BCUT2D eigenvalue weighted by Gasteiger charge is -2.06. The summed E-state index contributed by atoms with van der Waals surface area (Å²) in [5.74, 6) is 1.08. The van der Waals surface area contributed by atoms with Gasteiger partial charge in [-0.15, -0.1) is 11.3 Å². The van der Waals surface area contributed by atoms with Gasteiger partial charge >= 0.3 is 6.03 Å². The lowest BCUT2D eigenvalue weighted by Crippen LogP contribution is -2.30. The van der Waals surface area contributed by atoms with Gasteiger partial charge in [0.2, 0.25) is 0 Å². The second kappa shape index (κ2) is 9.30. The molecule has 0 unspecified atom stereocenters. The van der Waals surface area contributed by atoms with Gasteiger partial charge in [0, 0.05) is 41.4 Å². The molecule has 0 aliphatic carbocycles. The maximum absolute atomic E-state index is 13.5. The summed E-state index contributed by atoms with van der Waals surface area (Å²) in [5, 5.41) is 7.89. The van der Waals surface area contributed by atoms with Crippen molar-refractivity contribution in [3.63, 3.8) is 0 Å². The molecular weight excluding hydrogens is 371 g/mol. The zero-order valence-electron chi connectivity index (χ0n) is 13.8. The number of benzene rings is 1. The molecule has 0 saturated carbocycles. The topological polar surface area (TPSA) is 66.9 Å². The number of hydrogen-bond donors (Lipinski definition) is 2. The zero-order chi connectivity index (χ0) is 18.2. The van der Waals surface area contributed by atoms with E-state index in [4.69, 9.17) is 0 Å². The number of nitrogens with zero attached hydrogens (tertiary/aromatic N) is 2. The fourth-order valence-corrected chi connectivity index (χ4v) is 3.71. The molecule has 5 nitrogen and oxygen atoms in total. The summed E-state index contributed by atoms with van der Waals surface area (Å²) in [5.41, 5.74) is 2.35. The number of anilines is 1. The van der Waals surface area contributed by atoms with Crippen LogP contribution in [0.2, 0.25) is 0 Å². The van der Waals surface area contributed by atoms with Crippen molar-refractivity contribution in [1.82, 2.24) is 15.3 Å². The van der Waals surface area contributed by atoms with Gasteiger partial charge < -0.3 is 5.32 Å². The van der Waals surface area contributed by atoms with Crippen LogP contribution in [0.5, 0.6) is 0 Å². The predicted octanol–water partition coefficient (Wildman–Crippen LogP) is 4.40. The summed E-state index contributed by atoms with van der Waals surface area (Å²) >= 11 is 2.93. The van der Waals surface area contributed by atoms with Gasteiger partial charge in [-0.25, -0.2) is 14.2 Å². The number of amides is 2. The average Bonchev–Trinajstić information content (AvgIpc) is 3.12. The molecular formula is C18H17FN4OS2. The highest BCUT2D eigenvalue weighted by molar-refractivity contribution is 7.98. The van der Waals surface area contributed by atoms with Crippen LogP contribution in [0, 0.1) is 5.82 Å². The van der Waals surface area contributed by atoms with Gasteiger partial charge in [-0.1, -0.05) is 18.2 Å². The smallest absolute Gasteiger partial charge is 0.321 e. The van der Waals surface area contributed by atoms with E-state index in [0.29, 0.717) is 28.7 Å². The van der Waals surface area contributed by atoms with Crippen LogP contribution in [0.4, 0.5) is 14.3 Å². The molecule has 0 bridgehead atoms. The molecule has 0 radical (unpaired) electrons. The lowest BCUT2D eigenvalue weighted by atomic mass is 10.2. The van der Waals surface area contributed by atoms with Gasteiger partial charge in [0.15, 0.2) is 5.13 Å². The van der Waals surface area contributed by atoms with Gasteiger partial charge in [0.05, 0.1) is 5.69 Å². The van der Waals surface area contributed by atoms with Gasteiger partial charge in [-0.05, 0) is 23.8 Å². The molecule has 2 N–H and O–H groups in total. The van der Waals surface area contributed by atoms with Gasteiger partial charge in [-0.3, -0.25) is 10.3 Å². The summed E-state index contributed by atoms with van der Waals surface area (Å²) < 4.78 is 13.5. The summed E-state index contributed by atoms with van der Waals surface area (Å²) in [6.07, 6.45) is 3.43. The van der Waals surface area contributed by atoms with Crippen LogP contribution >= 0.6 is 23.1 Å². The van der Waals surface area contributed by atoms with Crippen LogP contribution in [0.25, 0.3) is 11.3 Å². The molecule has 0 saturated heterocycles. The van der Waals surface area contributed by atoms with Crippen molar-refractivity contribution < 1.29 is 9.18 Å². The Morgan fingerprint density at radius 2 is 2.12 bits per heavy atom.